The van der Waals surface area contributed by atoms with E-state index in [0.717, 1.165) is 41.1 Å². The van der Waals surface area contributed by atoms with Crippen LogP contribution in [-0.4, -0.2) is 58.8 Å². The number of pyridine rings is 2. The van der Waals surface area contributed by atoms with E-state index in [1.807, 2.05) is 24.5 Å². The summed E-state index contributed by atoms with van der Waals surface area (Å²) in [6.45, 7) is 4.68. The van der Waals surface area contributed by atoms with Crippen LogP contribution >= 0.6 is 0 Å². The molecule has 186 valence electrons. The average molecular weight is 498 g/mol. The number of anilines is 1. The van der Waals surface area contributed by atoms with Crippen molar-refractivity contribution in [3.8, 4) is 17.2 Å². The number of benzene rings is 1. The van der Waals surface area contributed by atoms with E-state index in [4.69, 9.17) is 4.98 Å². The monoisotopic (exact) mass is 497 g/mol. The van der Waals surface area contributed by atoms with Crippen molar-refractivity contribution < 1.29 is 8.78 Å². The van der Waals surface area contributed by atoms with Crippen LogP contribution in [-0.2, 0) is 6.54 Å². The molecular weight excluding hydrogens is 472 g/mol. The maximum Gasteiger partial charge on any atom is 0.130 e. The molecule has 0 spiro atoms. The van der Waals surface area contributed by atoms with Gasteiger partial charge in [-0.1, -0.05) is 12.1 Å². The van der Waals surface area contributed by atoms with Gasteiger partial charge in [0.25, 0.3) is 0 Å². The molecule has 7 nitrogen and oxygen atoms in total. The van der Waals surface area contributed by atoms with Crippen LogP contribution in [0, 0.1) is 23.0 Å². The first-order valence-electron chi connectivity index (χ1n) is 12.3. The number of nitrogens with one attached hydrogen (secondary N) is 1. The summed E-state index contributed by atoms with van der Waals surface area (Å²) < 4.78 is 29.9. The summed E-state index contributed by atoms with van der Waals surface area (Å²) >= 11 is 0. The predicted molar refractivity (Wildman–Crippen MR) is 138 cm³/mol. The van der Waals surface area contributed by atoms with E-state index in [0.29, 0.717) is 31.7 Å². The molecule has 0 unspecified atom stereocenters. The number of halogens is 2. The van der Waals surface area contributed by atoms with Gasteiger partial charge in [-0.25, -0.2) is 18.3 Å². The second kappa shape index (κ2) is 9.73. The first-order valence-corrected chi connectivity index (χ1v) is 12.3. The maximum atomic E-state index is 14.0. The zero-order valence-electron chi connectivity index (χ0n) is 20.2. The Labute approximate surface area is 213 Å². The lowest BCUT2D eigenvalue weighted by Crippen LogP contribution is -2.46. The Morgan fingerprint density at radius 1 is 1.00 bits per heavy atom. The Balaban J connectivity index is 1.22. The molecular formula is C28H25F2N7. The summed E-state index contributed by atoms with van der Waals surface area (Å²) in [6.07, 6.45) is 7.57. The molecule has 9 heteroatoms. The van der Waals surface area contributed by atoms with Crippen LogP contribution in [0.2, 0.25) is 0 Å². The normalized spacial score (nSPS) is 16.2. The molecule has 5 heterocycles. The van der Waals surface area contributed by atoms with E-state index in [2.05, 4.69) is 38.4 Å². The maximum absolute atomic E-state index is 14.0. The highest BCUT2D eigenvalue weighted by atomic mass is 19.1. The van der Waals surface area contributed by atoms with Crippen molar-refractivity contribution in [1.82, 2.24) is 24.8 Å². The summed E-state index contributed by atoms with van der Waals surface area (Å²) in [5, 5.41) is 17.4. The van der Waals surface area contributed by atoms with Gasteiger partial charge in [0.05, 0.1) is 17.3 Å². The number of nitrogens with zero attached hydrogens (tertiary/aromatic N) is 6. The van der Waals surface area contributed by atoms with Crippen LogP contribution in [0.4, 0.5) is 14.6 Å². The van der Waals surface area contributed by atoms with Gasteiger partial charge in [-0.05, 0) is 41.5 Å². The molecule has 37 heavy (non-hydrogen) atoms. The van der Waals surface area contributed by atoms with Crippen LogP contribution in [0.15, 0.2) is 61.1 Å². The van der Waals surface area contributed by atoms with Crippen LogP contribution in [0.1, 0.15) is 16.7 Å². The highest BCUT2D eigenvalue weighted by Gasteiger charge is 2.21. The fourth-order valence-corrected chi connectivity index (χ4v) is 5.07. The van der Waals surface area contributed by atoms with Crippen molar-refractivity contribution in [3.05, 3.63) is 89.4 Å². The molecule has 1 aromatic carbocycles. The van der Waals surface area contributed by atoms with Gasteiger partial charge in [0.15, 0.2) is 0 Å². The van der Waals surface area contributed by atoms with E-state index in [1.165, 1.54) is 23.8 Å². The zero-order valence-corrected chi connectivity index (χ0v) is 20.2. The minimum Gasteiger partial charge on any atom is -0.354 e. The largest absolute Gasteiger partial charge is 0.354 e. The molecule has 1 fully saturated rings. The van der Waals surface area contributed by atoms with Gasteiger partial charge in [-0.2, -0.15) is 10.4 Å². The second-order valence-corrected chi connectivity index (χ2v) is 9.33. The quantitative estimate of drug-likeness (QED) is 0.452. The second-order valence-electron chi connectivity index (χ2n) is 9.33. The third-order valence-corrected chi connectivity index (χ3v) is 7.11. The van der Waals surface area contributed by atoms with Gasteiger partial charge in [0.2, 0.25) is 0 Å². The van der Waals surface area contributed by atoms with Gasteiger partial charge >= 0.3 is 0 Å². The Morgan fingerprint density at radius 2 is 1.81 bits per heavy atom. The highest BCUT2D eigenvalue weighted by molar-refractivity contribution is 5.87. The number of fused-ring (bicyclic) bond motifs is 1. The third-order valence-electron chi connectivity index (χ3n) is 7.11. The number of hydrogen-bond donors (Lipinski definition) is 1. The summed E-state index contributed by atoms with van der Waals surface area (Å²) in [5.41, 5.74) is 5.49. The van der Waals surface area contributed by atoms with Crippen molar-refractivity contribution in [2.24, 2.45) is 0 Å². The van der Waals surface area contributed by atoms with Crippen molar-refractivity contribution in [2.45, 2.75) is 6.54 Å². The number of hydrogen-bond acceptors (Lipinski definition) is 6. The van der Waals surface area contributed by atoms with Crippen molar-refractivity contribution in [3.63, 3.8) is 0 Å². The summed E-state index contributed by atoms with van der Waals surface area (Å²) in [7, 11) is 0. The summed E-state index contributed by atoms with van der Waals surface area (Å²) in [6, 6.07) is 12.4. The molecule has 0 aliphatic carbocycles. The van der Waals surface area contributed by atoms with Gasteiger partial charge in [-0.15, -0.1) is 0 Å². The Kier molecular flexibility index (Phi) is 6.12. The Hall–Kier alpha value is -4.13. The van der Waals surface area contributed by atoms with Crippen LogP contribution in [0.3, 0.4) is 0 Å². The minimum absolute atomic E-state index is 0.118. The number of nitriles is 1. The van der Waals surface area contributed by atoms with Crippen LogP contribution in [0.25, 0.3) is 22.2 Å². The molecule has 0 saturated carbocycles. The number of rotatable bonds is 5. The lowest BCUT2D eigenvalue weighted by atomic mass is 10.0. The third kappa shape index (κ3) is 4.46. The average Bonchev–Trinajstić information content (AvgIpc) is 3.61. The fourth-order valence-electron chi connectivity index (χ4n) is 5.07. The summed E-state index contributed by atoms with van der Waals surface area (Å²) in [4.78, 5) is 8.98. The van der Waals surface area contributed by atoms with Gasteiger partial charge in [-0.3, -0.25) is 4.90 Å². The molecule has 2 aliphatic heterocycles. The topological polar surface area (TPSA) is 72.5 Å². The van der Waals surface area contributed by atoms with E-state index < -0.39 is 11.6 Å². The van der Waals surface area contributed by atoms with Gasteiger partial charge in [0.1, 0.15) is 23.5 Å². The Morgan fingerprint density at radius 3 is 2.49 bits per heavy atom. The van der Waals surface area contributed by atoms with Crippen LogP contribution < -0.4 is 10.2 Å². The number of piperazine rings is 1. The molecule has 4 aromatic rings. The highest BCUT2D eigenvalue weighted by Crippen LogP contribution is 2.31. The smallest absolute Gasteiger partial charge is 0.130 e. The molecule has 0 atom stereocenters. The lowest BCUT2D eigenvalue weighted by molar-refractivity contribution is 0.242. The van der Waals surface area contributed by atoms with E-state index in [1.54, 1.807) is 10.7 Å². The van der Waals surface area contributed by atoms with Crippen LogP contribution in [0.5, 0.6) is 0 Å². The molecule has 0 amide bonds. The molecule has 6 rings (SSSR count). The van der Waals surface area contributed by atoms with Gasteiger partial charge in [0, 0.05) is 74.9 Å². The van der Waals surface area contributed by atoms with E-state index in [-0.39, 0.29) is 12.1 Å². The van der Waals surface area contributed by atoms with Crippen molar-refractivity contribution in [2.75, 3.05) is 44.2 Å². The fraction of sp³-hybridized carbons (Fsp3) is 0.250. The van der Waals surface area contributed by atoms with Crippen molar-refractivity contribution in [1.29, 1.82) is 5.26 Å². The molecule has 1 saturated heterocycles. The first kappa shape index (κ1) is 23.3. The first-order chi connectivity index (χ1) is 18.1. The summed E-state index contributed by atoms with van der Waals surface area (Å²) in [5.74, 6) is -0.156. The molecule has 1 N–H and O–H groups in total. The molecule has 3 aromatic heterocycles. The molecule has 2 aliphatic rings. The SMILES string of the molecule is N#Cc1cnn2cc(C3=CCNC3)cc(-c3ccc(N4CCN(Cc5c(F)cccc5F)CC4)nc3)c12. The minimum atomic E-state index is -0.504. The standard InChI is InChI=1S/C28H25F2N7/c29-25-2-1-3-26(30)24(25)18-35-8-10-36(11-9-35)27-5-4-20(15-33-27)23-12-21(19-6-7-32-14-19)17-37-28(23)22(13-31)16-34-37/h1-6,12,15-17,32H,7-11,14,18H2. The molecule has 0 bridgehead atoms. The van der Waals surface area contributed by atoms with Crippen molar-refractivity contribution >= 4 is 16.9 Å². The molecule has 0 radical (unpaired) electrons. The zero-order chi connectivity index (χ0) is 25.4. The van der Waals surface area contributed by atoms with E-state index in [9.17, 15) is 14.0 Å². The Bertz CT molecular complexity index is 1510. The number of aromatic nitrogens is 3. The lowest BCUT2D eigenvalue weighted by Gasteiger charge is -2.35. The predicted octanol–water partition coefficient (Wildman–Crippen LogP) is 3.85. The van der Waals surface area contributed by atoms with Gasteiger partial charge < -0.3 is 10.2 Å². The van der Waals surface area contributed by atoms with E-state index >= 15 is 0 Å².